The normalized spacial score (nSPS) is 9.71. The van der Waals surface area contributed by atoms with Crippen molar-refractivity contribution in [2.45, 2.75) is 71.1 Å². The first-order valence-corrected chi connectivity index (χ1v) is 12.3. The average molecular weight is 442 g/mol. The Morgan fingerprint density at radius 3 is 1.54 bits per heavy atom. The Bertz CT molecular complexity index is 316. The molecule has 136 valence electrons. The molecule has 0 aliphatic rings. The van der Waals surface area contributed by atoms with Crippen LogP contribution in [0, 0.1) is 13.0 Å². The van der Waals surface area contributed by atoms with Gasteiger partial charge in [0.05, 0.1) is 0 Å². The molecule has 0 atom stereocenters. The Kier molecular flexibility index (Phi) is 29.2. The van der Waals surface area contributed by atoms with Crippen LogP contribution in [0.2, 0.25) is 0 Å². The first-order chi connectivity index (χ1) is 10.9. The van der Waals surface area contributed by atoms with Crippen LogP contribution in [-0.4, -0.2) is 9.79 Å². The second-order valence-electron chi connectivity index (χ2n) is 5.27. The van der Waals surface area contributed by atoms with Gasteiger partial charge in [0.25, 0.3) is 0 Å². The summed E-state index contributed by atoms with van der Waals surface area (Å²) in [6.07, 6.45) is 13.9. The molecule has 1 rings (SSSR count). The maximum Gasteiger partial charge on any atom is 2.00 e. The number of hydrogen-bond acceptors (Lipinski definition) is 1. The summed E-state index contributed by atoms with van der Waals surface area (Å²) >= 11 is 7.07. The quantitative estimate of drug-likeness (QED) is 0.137. The van der Waals surface area contributed by atoms with Crippen LogP contribution in [0.4, 0.5) is 0 Å². The average Bonchev–Trinajstić information content (AvgIpc) is 2.51. The summed E-state index contributed by atoms with van der Waals surface area (Å²) in [6, 6.07) is 12.5. The van der Waals surface area contributed by atoms with E-state index in [9.17, 15) is 0 Å². The fourth-order valence-corrected chi connectivity index (χ4v) is 1.83. The molecule has 0 bridgehead atoms. The van der Waals surface area contributed by atoms with Gasteiger partial charge in [0.15, 0.2) is 0 Å². The van der Waals surface area contributed by atoms with Gasteiger partial charge in [-0.3, -0.25) is 0 Å². The number of rotatable bonds is 9. The molecular weight excluding hydrogens is 409 g/mol. The Hall–Kier alpha value is 0.763. The van der Waals surface area contributed by atoms with Crippen LogP contribution in [0.25, 0.3) is 0 Å². The number of thiol groups is 1. The monoisotopic (exact) mass is 440 g/mol. The number of hydrogen-bond donors (Lipinski definition) is 3. The van der Waals surface area contributed by atoms with E-state index in [1.54, 1.807) is 0 Å². The molecule has 2 N–H and O–H groups in total. The summed E-state index contributed by atoms with van der Waals surface area (Å²) in [4.78, 5) is 15.7. The summed E-state index contributed by atoms with van der Waals surface area (Å²) in [5.41, 5.74) is -3.11. The molecule has 6 heteroatoms. The van der Waals surface area contributed by atoms with Crippen molar-refractivity contribution in [2.75, 3.05) is 0 Å². The molecule has 0 fully saturated rings. The van der Waals surface area contributed by atoms with Gasteiger partial charge in [-0.2, -0.15) is 42.8 Å². The summed E-state index contributed by atoms with van der Waals surface area (Å²) in [7, 11) is 0. The van der Waals surface area contributed by atoms with Gasteiger partial charge in [0.2, 0.25) is 5.69 Å². The van der Waals surface area contributed by atoms with Gasteiger partial charge in [0, 0.05) is 0 Å². The summed E-state index contributed by atoms with van der Waals surface area (Å²) in [5.74, 6) is 0. The van der Waals surface area contributed by atoms with Crippen LogP contribution in [0.1, 0.15) is 71.1 Å². The number of unbranched alkanes of at least 4 members (excludes halogenated alkanes) is 9. The first-order valence-electron chi connectivity index (χ1n) is 8.40. The van der Waals surface area contributed by atoms with Crippen LogP contribution >= 0.6 is 17.9 Å². The third-order valence-electron chi connectivity index (χ3n) is 2.96. The summed E-state index contributed by atoms with van der Waals surface area (Å²) in [6.45, 7) is 6.12. The van der Waals surface area contributed by atoms with Crippen molar-refractivity contribution in [3.05, 3.63) is 43.3 Å². The molecular formula is C18H33O2PS2Zn. The van der Waals surface area contributed by atoms with Crippen molar-refractivity contribution in [1.82, 2.24) is 0 Å². The van der Waals surface area contributed by atoms with Crippen molar-refractivity contribution in [2.24, 2.45) is 0 Å². The predicted molar refractivity (Wildman–Crippen MR) is 110 cm³/mol. The molecule has 0 saturated heterocycles. The van der Waals surface area contributed by atoms with E-state index >= 15 is 0 Å². The fraction of sp³-hybridized carbons (Fsp3) is 0.611. The van der Waals surface area contributed by atoms with Gasteiger partial charge in [-0.05, 0) is 11.8 Å². The molecule has 0 aromatic heterocycles. The molecule has 1 aromatic carbocycles. The summed E-state index contributed by atoms with van der Waals surface area (Å²) < 4.78 is 0. The van der Waals surface area contributed by atoms with Crippen molar-refractivity contribution < 1.29 is 29.3 Å². The molecule has 0 aliphatic carbocycles. The molecule has 2 nitrogen and oxygen atoms in total. The van der Waals surface area contributed by atoms with Crippen LogP contribution in [0.5, 0.6) is 0 Å². The van der Waals surface area contributed by atoms with E-state index in [4.69, 9.17) is 9.79 Å². The molecule has 1 aromatic rings. The zero-order valence-corrected chi connectivity index (χ0v) is 20.6. The van der Waals surface area contributed by atoms with Crippen LogP contribution in [0.3, 0.4) is 0 Å². The van der Waals surface area contributed by atoms with Gasteiger partial charge >= 0.3 is 19.5 Å². The molecule has 0 aliphatic heterocycles. The Balaban J connectivity index is -0.000000307. The standard InChI is InChI=1S/C12H25.C6H5.H3O2PS2.Zn/c1-3-5-7-9-11-12-10-8-6-4-2;1-2-4-6-5-3-1;1-3(2,4)5;/h1,3-12H2,2H3;1-5H;(H3,1,2,4,5);/q2*-1;;+2. The van der Waals surface area contributed by atoms with Crippen LogP contribution in [0.15, 0.2) is 30.3 Å². The van der Waals surface area contributed by atoms with Gasteiger partial charge in [-0.15, -0.1) is 0 Å². The molecule has 0 amide bonds. The van der Waals surface area contributed by atoms with Crippen LogP contribution < -0.4 is 0 Å². The van der Waals surface area contributed by atoms with Crippen molar-refractivity contribution in [3.63, 3.8) is 0 Å². The zero-order valence-electron chi connectivity index (χ0n) is 15.1. The zero-order chi connectivity index (χ0) is 17.8. The van der Waals surface area contributed by atoms with E-state index in [1.807, 2.05) is 30.3 Å². The Morgan fingerprint density at radius 1 is 0.917 bits per heavy atom. The molecule has 0 radical (unpaired) electrons. The van der Waals surface area contributed by atoms with Crippen LogP contribution in [-0.2, 0) is 31.3 Å². The minimum absolute atomic E-state index is 0. The minimum Gasteiger partial charge on any atom is -0.343 e. The second-order valence-corrected chi connectivity index (χ2v) is 10.3. The van der Waals surface area contributed by atoms with Gasteiger partial charge in [0.1, 0.15) is 0 Å². The molecule has 0 saturated carbocycles. The van der Waals surface area contributed by atoms with Crippen molar-refractivity contribution in [3.8, 4) is 0 Å². The third-order valence-corrected chi connectivity index (χ3v) is 2.96. The molecule has 0 heterocycles. The first kappa shape index (κ1) is 29.5. The number of benzene rings is 1. The third kappa shape index (κ3) is 43.4. The van der Waals surface area contributed by atoms with Crippen molar-refractivity contribution in [1.29, 1.82) is 0 Å². The Morgan fingerprint density at radius 2 is 1.29 bits per heavy atom. The SMILES string of the molecule is OP(O)(=S)S.[CH2-]CCCCCCCCCCC.[Zn+2].[c-]1ccccc1. The Labute approximate surface area is 172 Å². The second kappa shape index (κ2) is 23.8. The van der Waals surface area contributed by atoms with E-state index in [0.29, 0.717) is 0 Å². The van der Waals surface area contributed by atoms with Gasteiger partial charge in [-0.1, -0.05) is 77.0 Å². The largest absolute Gasteiger partial charge is 2.00 e. The van der Waals surface area contributed by atoms with E-state index in [2.05, 4.69) is 44.0 Å². The van der Waals surface area contributed by atoms with E-state index in [-0.39, 0.29) is 19.5 Å². The van der Waals surface area contributed by atoms with E-state index in [0.717, 1.165) is 6.42 Å². The molecule has 24 heavy (non-hydrogen) atoms. The maximum absolute atomic E-state index is 7.87. The van der Waals surface area contributed by atoms with E-state index < -0.39 is 5.69 Å². The summed E-state index contributed by atoms with van der Waals surface area (Å²) in [5, 5.41) is 0. The molecule has 0 spiro atoms. The van der Waals surface area contributed by atoms with Gasteiger partial charge in [-0.25, -0.2) is 0 Å². The maximum atomic E-state index is 7.87. The predicted octanol–water partition coefficient (Wildman–Crippen LogP) is 6.35. The smallest absolute Gasteiger partial charge is 0.343 e. The fourth-order valence-electron chi connectivity index (χ4n) is 1.83. The minimum atomic E-state index is -3.11. The topological polar surface area (TPSA) is 40.5 Å². The van der Waals surface area contributed by atoms with Gasteiger partial charge < -0.3 is 16.7 Å². The van der Waals surface area contributed by atoms with Crippen molar-refractivity contribution >= 4 is 29.7 Å². The molecule has 0 unspecified atom stereocenters. The van der Waals surface area contributed by atoms with E-state index in [1.165, 1.54) is 57.8 Å².